The lowest BCUT2D eigenvalue weighted by molar-refractivity contribution is 0.330. The molecule has 1 unspecified atom stereocenters. The van der Waals surface area contributed by atoms with Crippen LogP contribution in [-0.4, -0.2) is 70.3 Å². The summed E-state index contributed by atoms with van der Waals surface area (Å²) in [5.74, 6) is 1.86. The molecule has 2 fully saturated rings. The van der Waals surface area contributed by atoms with Gasteiger partial charge in [-0.25, -0.2) is 0 Å². The molecule has 158 valence electrons. The van der Waals surface area contributed by atoms with Crippen LogP contribution in [0.1, 0.15) is 32.1 Å². The number of likely N-dealkylation sites (tertiary alicyclic amines) is 1. The van der Waals surface area contributed by atoms with E-state index in [0.717, 1.165) is 37.8 Å². The monoisotopic (exact) mass is 501 g/mol. The summed E-state index contributed by atoms with van der Waals surface area (Å²) in [5.41, 5.74) is 1.18. The summed E-state index contributed by atoms with van der Waals surface area (Å²) in [5, 5.41) is 7.06. The van der Waals surface area contributed by atoms with Crippen molar-refractivity contribution in [3.63, 3.8) is 0 Å². The molecule has 3 rings (SSSR count). The van der Waals surface area contributed by atoms with Gasteiger partial charge in [0.1, 0.15) is 5.75 Å². The van der Waals surface area contributed by atoms with Gasteiger partial charge in [-0.05, 0) is 63.9 Å². The minimum atomic E-state index is 0. The van der Waals surface area contributed by atoms with E-state index in [1.165, 1.54) is 51.0 Å². The first-order valence-corrected chi connectivity index (χ1v) is 10.4. The fourth-order valence-corrected chi connectivity index (χ4v) is 4.05. The summed E-state index contributed by atoms with van der Waals surface area (Å²) in [6.07, 6.45) is 6.31. The zero-order chi connectivity index (χ0) is 18.9. The number of ether oxygens (including phenoxy) is 1. The number of rotatable bonds is 8. The second kappa shape index (κ2) is 12.4. The van der Waals surface area contributed by atoms with Crippen molar-refractivity contribution in [2.24, 2.45) is 4.99 Å². The highest BCUT2D eigenvalue weighted by Crippen LogP contribution is 2.30. The van der Waals surface area contributed by atoms with Crippen LogP contribution in [0.2, 0.25) is 0 Å². The lowest BCUT2D eigenvalue weighted by Crippen LogP contribution is -2.45. The van der Waals surface area contributed by atoms with Gasteiger partial charge < -0.3 is 25.2 Å². The largest absolute Gasteiger partial charge is 0.495 e. The number of nitrogens with one attached hydrogen (secondary N) is 2. The molecule has 0 amide bonds. The predicted molar refractivity (Wildman–Crippen MR) is 128 cm³/mol. The lowest BCUT2D eigenvalue weighted by atomic mass is 10.2. The van der Waals surface area contributed by atoms with Crippen molar-refractivity contribution in [1.29, 1.82) is 0 Å². The molecule has 28 heavy (non-hydrogen) atoms. The molecule has 0 spiro atoms. The van der Waals surface area contributed by atoms with E-state index >= 15 is 0 Å². The Hall–Kier alpha value is -1.22. The van der Waals surface area contributed by atoms with Crippen LogP contribution in [-0.2, 0) is 0 Å². The van der Waals surface area contributed by atoms with Crippen molar-refractivity contribution in [1.82, 2.24) is 15.5 Å². The standard InChI is InChI=1S/C21H35N5O.HI/c1-22-21(23-12-5-6-13-25-14-7-8-15-25)24-18-11-16-26(17-18)19-9-3-4-10-20(19)27-2;/h3-4,9-10,18H,5-8,11-17H2,1-2H3,(H2,22,23,24);1H. The van der Waals surface area contributed by atoms with Crippen LogP contribution in [0.15, 0.2) is 29.3 Å². The van der Waals surface area contributed by atoms with Gasteiger partial charge in [0.2, 0.25) is 0 Å². The third-order valence-electron chi connectivity index (χ3n) is 5.57. The molecule has 1 aromatic carbocycles. The van der Waals surface area contributed by atoms with Gasteiger partial charge in [-0.15, -0.1) is 24.0 Å². The maximum atomic E-state index is 5.51. The number of para-hydroxylation sites is 2. The molecule has 7 heteroatoms. The molecule has 0 bridgehead atoms. The zero-order valence-electron chi connectivity index (χ0n) is 17.3. The number of methoxy groups -OCH3 is 1. The molecule has 1 aromatic rings. The molecule has 0 aromatic heterocycles. The molecular weight excluding hydrogens is 465 g/mol. The molecule has 0 radical (unpaired) electrons. The number of anilines is 1. The first kappa shape index (κ1) is 23.1. The molecular formula is C21H36IN5O. The molecule has 2 heterocycles. The van der Waals surface area contributed by atoms with Crippen LogP contribution >= 0.6 is 24.0 Å². The summed E-state index contributed by atoms with van der Waals surface area (Å²) in [7, 11) is 3.59. The fourth-order valence-electron chi connectivity index (χ4n) is 4.05. The molecule has 2 saturated heterocycles. The number of hydrogen-bond acceptors (Lipinski definition) is 4. The molecule has 0 saturated carbocycles. The van der Waals surface area contributed by atoms with Gasteiger partial charge in [0.25, 0.3) is 0 Å². The third kappa shape index (κ3) is 6.69. The average molecular weight is 501 g/mol. The Morgan fingerprint density at radius 1 is 1.18 bits per heavy atom. The van der Waals surface area contributed by atoms with Crippen molar-refractivity contribution in [2.75, 3.05) is 58.3 Å². The smallest absolute Gasteiger partial charge is 0.191 e. The van der Waals surface area contributed by atoms with E-state index in [4.69, 9.17) is 4.74 Å². The number of nitrogens with zero attached hydrogens (tertiary/aromatic N) is 3. The number of halogens is 1. The Morgan fingerprint density at radius 2 is 1.96 bits per heavy atom. The van der Waals surface area contributed by atoms with Gasteiger partial charge in [-0.3, -0.25) is 4.99 Å². The molecule has 0 aliphatic carbocycles. The molecule has 1 atom stereocenters. The topological polar surface area (TPSA) is 52.1 Å². The van der Waals surface area contributed by atoms with Crippen molar-refractivity contribution < 1.29 is 4.74 Å². The van der Waals surface area contributed by atoms with E-state index in [0.29, 0.717) is 6.04 Å². The Balaban J connectivity index is 0.00000280. The number of benzene rings is 1. The summed E-state index contributed by atoms with van der Waals surface area (Å²) in [4.78, 5) is 9.37. The maximum absolute atomic E-state index is 5.51. The number of hydrogen-bond donors (Lipinski definition) is 2. The average Bonchev–Trinajstić information content (AvgIpc) is 3.38. The number of guanidine groups is 1. The summed E-state index contributed by atoms with van der Waals surface area (Å²) in [6, 6.07) is 8.66. The highest BCUT2D eigenvalue weighted by molar-refractivity contribution is 14.0. The van der Waals surface area contributed by atoms with Gasteiger partial charge in [0, 0.05) is 32.7 Å². The van der Waals surface area contributed by atoms with E-state index in [1.807, 2.05) is 19.2 Å². The van der Waals surface area contributed by atoms with Crippen molar-refractivity contribution in [3.8, 4) is 5.75 Å². The molecule has 2 aliphatic heterocycles. The van der Waals surface area contributed by atoms with Crippen molar-refractivity contribution in [3.05, 3.63) is 24.3 Å². The second-order valence-electron chi connectivity index (χ2n) is 7.50. The normalized spacial score (nSPS) is 20.1. The SMILES string of the molecule is CN=C(NCCCCN1CCCC1)NC1CCN(c2ccccc2OC)C1.I. The quantitative estimate of drug-likeness (QED) is 0.248. The molecule has 6 nitrogen and oxygen atoms in total. The van der Waals surface area contributed by atoms with Crippen LogP contribution in [0, 0.1) is 0 Å². The number of aliphatic imine (C=N–C) groups is 1. The van der Waals surface area contributed by atoms with Gasteiger partial charge in [0.15, 0.2) is 5.96 Å². The van der Waals surface area contributed by atoms with Gasteiger partial charge in [0.05, 0.1) is 12.8 Å². The van der Waals surface area contributed by atoms with E-state index in [2.05, 4.69) is 37.6 Å². The predicted octanol–water partition coefficient (Wildman–Crippen LogP) is 2.93. The van der Waals surface area contributed by atoms with Crippen LogP contribution in [0.25, 0.3) is 0 Å². The highest BCUT2D eigenvalue weighted by atomic mass is 127. The van der Waals surface area contributed by atoms with Crippen LogP contribution in [0.4, 0.5) is 5.69 Å². The minimum Gasteiger partial charge on any atom is -0.495 e. The maximum Gasteiger partial charge on any atom is 0.191 e. The fraction of sp³-hybridized carbons (Fsp3) is 0.667. The van der Waals surface area contributed by atoms with Crippen molar-refractivity contribution in [2.45, 2.75) is 38.1 Å². The van der Waals surface area contributed by atoms with Gasteiger partial charge in [-0.1, -0.05) is 12.1 Å². The first-order valence-electron chi connectivity index (χ1n) is 10.4. The minimum absolute atomic E-state index is 0. The zero-order valence-corrected chi connectivity index (χ0v) is 19.7. The van der Waals surface area contributed by atoms with Crippen LogP contribution < -0.4 is 20.3 Å². The van der Waals surface area contributed by atoms with E-state index in [1.54, 1.807) is 7.11 Å². The Morgan fingerprint density at radius 3 is 2.71 bits per heavy atom. The van der Waals surface area contributed by atoms with Gasteiger partial charge >= 0.3 is 0 Å². The Labute approximate surface area is 187 Å². The van der Waals surface area contributed by atoms with Crippen molar-refractivity contribution >= 4 is 35.6 Å². The van der Waals surface area contributed by atoms with E-state index in [9.17, 15) is 0 Å². The summed E-state index contributed by atoms with van der Waals surface area (Å²) < 4.78 is 5.51. The highest BCUT2D eigenvalue weighted by Gasteiger charge is 2.25. The van der Waals surface area contributed by atoms with Crippen LogP contribution in [0.5, 0.6) is 5.75 Å². The Kier molecular flexibility index (Phi) is 10.2. The number of unbranched alkanes of at least 4 members (excludes halogenated alkanes) is 1. The third-order valence-corrected chi connectivity index (χ3v) is 5.57. The lowest BCUT2D eigenvalue weighted by Gasteiger charge is -2.22. The second-order valence-corrected chi connectivity index (χ2v) is 7.50. The van der Waals surface area contributed by atoms with E-state index in [-0.39, 0.29) is 24.0 Å². The van der Waals surface area contributed by atoms with E-state index < -0.39 is 0 Å². The van der Waals surface area contributed by atoms with Crippen LogP contribution in [0.3, 0.4) is 0 Å². The molecule has 2 aliphatic rings. The molecule has 2 N–H and O–H groups in total. The van der Waals surface area contributed by atoms with Gasteiger partial charge in [-0.2, -0.15) is 0 Å². The first-order chi connectivity index (χ1) is 13.3. The Bertz CT molecular complexity index is 606. The summed E-state index contributed by atoms with van der Waals surface area (Å²) in [6.45, 7) is 6.81. The summed E-state index contributed by atoms with van der Waals surface area (Å²) >= 11 is 0.